The highest BCUT2D eigenvalue weighted by Gasteiger charge is 2.29. The molecule has 0 radical (unpaired) electrons. The highest BCUT2D eigenvalue weighted by Crippen LogP contribution is 2.39. The molecule has 8 heteroatoms. The van der Waals surface area contributed by atoms with Gasteiger partial charge in [0.15, 0.2) is 0 Å². The van der Waals surface area contributed by atoms with Crippen LogP contribution in [0.1, 0.15) is 47.2 Å². The van der Waals surface area contributed by atoms with E-state index in [1.807, 2.05) is 37.3 Å². The second kappa shape index (κ2) is 10.3. The number of amides is 2. The molecule has 186 valence electrons. The Labute approximate surface area is 211 Å². The summed E-state index contributed by atoms with van der Waals surface area (Å²) in [4.78, 5) is 33.6. The summed E-state index contributed by atoms with van der Waals surface area (Å²) in [6.45, 7) is 4.08. The van der Waals surface area contributed by atoms with Gasteiger partial charge in [-0.05, 0) is 61.1 Å². The third-order valence-corrected chi connectivity index (χ3v) is 6.80. The standard InChI is InChI=1S/C28H31N5O3/c1-19-17-32(26-13-12-23(16-30-26)27(34)31-25-5-3-2-4-24(25)29)14-15-33(19)28(35)36-18-20-6-8-21(9-7-20)22-10-11-22/h2-9,12-13,16,19,22H,10-11,14-15,17-18,29H2,1H3,(H,31,34). The van der Waals surface area contributed by atoms with E-state index in [2.05, 4.69) is 27.3 Å². The van der Waals surface area contributed by atoms with Crippen molar-refractivity contribution in [1.82, 2.24) is 9.88 Å². The number of rotatable bonds is 6. The fourth-order valence-corrected chi connectivity index (χ4v) is 4.48. The number of carbonyl (C=O) groups excluding carboxylic acids is 2. The molecule has 1 saturated heterocycles. The smallest absolute Gasteiger partial charge is 0.410 e. The first-order chi connectivity index (χ1) is 17.5. The summed E-state index contributed by atoms with van der Waals surface area (Å²) < 4.78 is 5.59. The average molecular weight is 486 g/mol. The van der Waals surface area contributed by atoms with Crippen molar-refractivity contribution >= 4 is 29.2 Å². The zero-order chi connectivity index (χ0) is 25.1. The maximum atomic E-state index is 12.7. The Morgan fingerprint density at radius 3 is 2.50 bits per heavy atom. The normalized spacial score (nSPS) is 17.5. The molecule has 3 aromatic rings. The van der Waals surface area contributed by atoms with Crippen molar-refractivity contribution in [3.8, 4) is 0 Å². The van der Waals surface area contributed by atoms with Crippen LogP contribution in [0.3, 0.4) is 0 Å². The van der Waals surface area contributed by atoms with E-state index in [-0.39, 0.29) is 24.6 Å². The Bertz CT molecular complexity index is 1220. The van der Waals surface area contributed by atoms with Crippen LogP contribution in [0.5, 0.6) is 0 Å². The van der Waals surface area contributed by atoms with Crippen molar-refractivity contribution < 1.29 is 14.3 Å². The lowest BCUT2D eigenvalue weighted by atomic mass is 10.1. The van der Waals surface area contributed by atoms with Crippen LogP contribution in [-0.2, 0) is 11.3 Å². The summed E-state index contributed by atoms with van der Waals surface area (Å²) in [5.41, 5.74) is 9.80. The van der Waals surface area contributed by atoms with E-state index in [1.54, 1.807) is 29.3 Å². The molecule has 1 aromatic heterocycles. The molecule has 3 N–H and O–H groups in total. The molecular formula is C28H31N5O3. The third kappa shape index (κ3) is 5.43. The number of nitrogens with zero attached hydrogens (tertiary/aromatic N) is 3. The van der Waals surface area contributed by atoms with Gasteiger partial charge in [-0.3, -0.25) is 4.79 Å². The number of hydrogen-bond donors (Lipinski definition) is 2. The van der Waals surface area contributed by atoms with Crippen LogP contribution >= 0.6 is 0 Å². The van der Waals surface area contributed by atoms with Crippen molar-refractivity contribution in [2.24, 2.45) is 0 Å². The lowest BCUT2D eigenvalue weighted by Gasteiger charge is -2.39. The van der Waals surface area contributed by atoms with Crippen LogP contribution < -0.4 is 16.0 Å². The van der Waals surface area contributed by atoms with Gasteiger partial charge in [0.25, 0.3) is 5.91 Å². The minimum Gasteiger partial charge on any atom is -0.445 e. The quantitative estimate of drug-likeness (QED) is 0.494. The van der Waals surface area contributed by atoms with Crippen molar-refractivity contribution in [2.45, 2.75) is 38.3 Å². The maximum Gasteiger partial charge on any atom is 0.410 e. The minimum absolute atomic E-state index is 0.0330. The second-order valence-electron chi connectivity index (χ2n) is 9.51. The predicted molar refractivity (Wildman–Crippen MR) is 140 cm³/mol. The first-order valence-corrected chi connectivity index (χ1v) is 12.4. The first-order valence-electron chi connectivity index (χ1n) is 12.4. The van der Waals surface area contributed by atoms with E-state index in [1.165, 1.54) is 18.4 Å². The number of carbonyl (C=O) groups is 2. The van der Waals surface area contributed by atoms with Crippen molar-refractivity contribution in [2.75, 3.05) is 35.6 Å². The molecule has 0 spiro atoms. The average Bonchev–Trinajstić information content (AvgIpc) is 3.75. The number of benzene rings is 2. The Hall–Kier alpha value is -4.07. The van der Waals surface area contributed by atoms with Gasteiger partial charge >= 0.3 is 6.09 Å². The SMILES string of the molecule is CC1CN(c2ccc(C(=O)Nc3ccccc3N)cn2)CCN1C(=O)OCc1ccc(C2CC2)cc1. The van der Waals surface area contributed by atoms with Crippen LogP contribution in [-0.4, -0.2) is 47.6 Å². The Balaban J connectivity index is 1.12. The zero-order valence-corrected chi connectivity index (χ0v) is 20.4. The summed E-state index contributed by atoms with van der Waals surface area (Å²) in [6, 6.07) is 19.0. The first kappa shape index (κ1) is 23.7. The summed E-state index contributed by atoms with van der Waals surface area (Å²) >= 11 is 0. The number of piperazine rings is 1. The highest BCUT2D eigenvalue weighted by molar-refractivity contribution is 6.05. The molecule has 1 saturated carbocycles. The number of hydrogen-bond acceptors (Lipinski definition) is 6. The number of nitrogens with one attached hydrogen (secondary N) is 1. The predicted octanol–water partition coefficient (Wildman–Crippen LogP) is 4.64. The molecule has 2 heterocycles. The number of aromatic nitrogens is 1. The molecule has 5 rings (SSSR count). The molecule has 1 unspecified atom stereocenters. The van der Waals surface area contributed by atoms with Gasteiger partial charge in [0.2, 0.25) is 0 Å². The lowest BCUT2D eigenvalue weighted by molar-refractivity contribution is 0.0794. The van der Waals surface area contributed by atoms with Crippen molar-refractivity contribution in [3.05, 3.63) is 83.6 Å². The van der Waals surface area contributed by atoms with Gasteiger partial charge in [0.1, 0.15) is 12.4 Å². The van der Waals surface area contributed by atoms with Crippen LogP contribution in [0.4, 0.5) is 22.0 Å². The van der Waals surface area contributed by atoms with Crippen molar-refractivity contribution in [1.29, 1.82) is 0 Å². The van der Waals surface area contributed by atoms with E-state index in [4.69, 9.17) is 10.5 Å². The summed E-state index contributed by atoms with van der Waals surface area (Å²) in [7, 11) is 0. The molecule has 1 aliphatic carbocycles. The van der Waals surface area contributed by atoms with E-state index < -0.39 is 0 Å². The second-order valence-corrected chi connectivity index (χ2v) is 9.51. The van der Waals surface area contributed by atoms with E-state index >= 15 is 0 Å². The molecule has 1 aliphatic heterocycles. The van der Waals surface area contributed by atoms with Crippen LogP contribution in [0.25, 0.3) is 0 Å². The molecular weight excluding hydrogens is 454 g/mol. The summed E-state index contributed by atoms with van der Waals surface area (Å²) in [5, 5.41) is 2.81. The number of ether oxygens (including phenoxy) is 1. The monoisotopic (exact) mass is 485 g/mol. The van der Waals surface area contributed by atoms with Gasteiger partial charge < -0.3 is 25.6 Å². The number of pyridine rings is 1. The molecule has 0 bridgehead atoms. The Morgan fingerprint density at radius 2 is 1.83 bits per heavy atom. The molecule has 1 atom stereocenters. The van der Waals surface area contributed by atoms with Crippen LogP contribution in [0.2, 0.25) is 0 Å². The van der Waals surface area contributed by atoms with Gasteiger partial charge in [-0.15, -0.1) is 0 Å². The molecule has 2 amide bonds. The fourth-order valence-electron chi connectivity index (χ4n) is 4.48. The third-order valence-electron chi connectivity index (χ3n) is 6.80. The number of nitrogens with two attached hydrogens (primary N) is 1. The Morgan fingerprint density at radius 1 is 1.06 bits per heavy atom. The number of nitrogen functional groups attached to an aromatic ring is 1. The molecule has 36 heavy (non-hydrogen) atoms. The van der Waals surface area contributed by atoms with E-state index in [0.29, 0.717) is 36.6 Å². The zero-order valence-electron chi connectivity index (χ0n) is 20.4. The van der Waals surface area contributed by atoms with Crippen LogP contribution in [0, 0.1) is 0 Å². The topological polar surface area (TPSA) is 101 Å². The van der Waals surface area contributed by atoms with Crippen molar-refractivity contribution in [3.63, 3.8) is 0 Å². The molecule has 2 fully saturated rings. The largest absolute Gasteiger partial charge is 0.445 e. The summed E-state index contributed by atoms with van der Waals surface area (Å²) in [5.74, 6) is 1.21. The van der Waals surface area contributed by atoms with Crippen LogP contribution in [0.15, 0.2) is 66.9 Å². The van der Waals surface area contributed by atoms with Gasteiger partial charge in [-0.2, -0.15) is 0 Å². The van der Waals surface area contributed by atoms with Gasteiger partial charge in [0, 0.05) is 31.9 Å². The van der Waals surface area contributed by atoms with E-state index in [0.717, 1.165) is 17.3 Å². The minimum atomic E-state index is -0.298. The highest BCUT2D eigenvalue weighted by atomic mass is 16.6. The molecule has 8 nitrogen and oxygen atoms in total. The maximum absolute atomic E-state index is 12.7. The van der Waals surface area contributed by atoms with E-state index in [9.17, 15) is 9.59 Å². The van der Waals surface area contributed by atoms with Gasteiger partial charge in [0.05, 0.1) is 16.9 Å². The fraction of sp³-hybridized carbons (Fsp3) is 0.321. The molecule has 2 aromatic carbocycles. The number of anilines is 3. The summed E-state index contributed by atoms with van der Waals surface area (Å²) in [6.07, 6.45) is 3.81. The van der Waals surface area contributed by atoms with Gasteiger partial charge in [-0.1, -0.05) is 36.4 Å². The Kier molecular flexibility index (Phi) is 6.75. The van der Waals surface area contributed by atoms with Gasteiger partial charge in [-0.25, -0.2) is 9.78 Å². The number of para-hydroxylation sites is 2. The molecule has 2 aliphatic rings. The lowest BCUT2D eigenvalue weighted by Crippen LogP contribution is -2.54.